The topological polar surface area (TPSA) is 59.8 Å². The summed E-state index contributed by atoms with van der Waals surface area (Å²) >= 11 is 4.41. The summed E-state index contributed by atoms with van der Waals surface area (Å²) in [6, 6.07) is 13.0. The van der Waals surface area contributed by atoms with E-state index in [0.29, 0.717) is 10.4 Å². The largest absolute Gasteiger partial charge is 0.434 e. The van der Waals surface area contributed by atoms with Crippen LogP contribution in [0, 0.1) is 6.92 Å². The molecule has 0 radical (unpaired) electrons. The lowest BCUT2D eigenvalue weighted by Crippen LogP contribution is -2.13. The van der Waals surface area contributed by atoms with Gasteiger partial charge in [0.15, 0.2) is 11.4 Å². The number of hydrogen-bond donors (Lipinski definition) is 1. The van der Waals surface area contributed by atoms with Crippen molar-refractivity contribution < 1.29 is 18.0 Å². The number of nitrogens with zero attached hydrogens (tertiary/aromatic N) is 3. The van der Waals surface area contributed by atoms with Gasteiger partial charge in [-0.1, -0.05) is 6.07 Å². The number of fused-ring (bicyclic) bond motifs is 1. The second kappa shape index (κ2) is 7.51. The minimum absolute atomic E-state index is 0.338. The Hall–Kier alpha value is -2.72. The summed E-state index contributed by atoms with van der Waals surface area (Å²) in [6.07, 6.45) is -4.63. The van der Waals surface area contributed by atoms with Crippen molar-refractivity contribution in [1.29, 1.82) is 0 Å². The van der Waals surface area contributed by atoms with E-state index in [1.165, 1.54) is 0 Å². The van der Waals surface area contributed by atoms with Gasteiger partial charge < -0.3 is 5.32 Å². The summed E-state index contributed by atoms with van der Waals surface area (Å²) < 4.78 is 40.6. The van der Waals surface area contributed by atoms with E-state index < -0.39 is 22.3 Å². The molecule has 10 heteroatoms. The number of carbonyl (C=O) groups is 1. The van der Waals surface area contributed by atoms with Crippen LogP contribution in [0.15, 0.2) is 46.9 Å². The van der Waals surface area contributed by atoms with E-state index in [2.05, 4.69) is 37.4 Å². The van der Waals surface area contributed by atoms with Crippen molar-refractivity contribution in [3.8, 4) is 10.6 Å². The molecule has 1 N–H and O–H groups in total. The number of nitrogens with one attached hydrogen (secondary N) is 1. The fraction of sp³-hybridized carbons (Fsp3) is 0.150. The van der Waals surface area contributed by atoms with Gasteiger partial charge in [0, 0.05) is 18.3 Å². The van der Waals surface area contributed by atoms with Crippen LogP contribution in [0.3, 0.4) is 0 Å². The maximum atomic E-state index is 13.1. The van der Waals surface area contributed by atoms with Crippen LogP contribution in [-0.4, -0.2) is 20.7 Å². The Balaban J connectivity index is 1.55. The first kappa shape index (κ1) is 20.5. The number of alkyl halides is 3. The highest BCUT2D eigenvalue weighted by Gasteiger charge is 2.39. The SMILES string of the molecule is Cc1ccc2nc(-c3ccc(NC(=O)c4nn(C)c(C(F)(F)F)c4Br)cc3)sc2c1. The molecule has 4 aromatic rings. The van der Waals surface area contributed by atoms with Gasteiger partial charge in [0.1, 0.15) is 5.01 Å². The average Bonchev–Trinajstić information content (AvgIpc) is 3.21. The molecular formula is C20H14BrF3N4OS. The van der Waals surface area contributed by atoms with E-state index in [1.54, 1.807) is 35.6 Å². The second-order valence-corrected chi connectivity index (χ2v) is 8.48. The van der Waals surface area contributed by atoms with Gasteiger partial charge in [-0.05, 0) is 64.8 Å². The first-order chi connectivity index (χ1) is 14.1. The third-order valence-corrected chi connectivity index (χ3v) is 6.23. The minimum atomic E-state index is -4.63. The molecule has 0 unspecified atom stereocenters. The standard InChI is InChI=1S/C20H14BrF3N4OS/c1-10-3-8-13-14(9-10)30-19(26-13)11-4-6-12(7-5-11)25-18(29)16-15(21)17(20(22,23)24)28(2)27-16/h3-9H,1-2H3,(H,25,29). The zero-order valence-corrected chi connectivity index (χ0v) is 18.1. The summed E-state index contributed by atoms with van der Waals surface area (Å²) in [6.45, 7) is 2.02. The lowest BCUT2D eigenvalue weighted by molar-refractivity contribution is -0.144. The van der Waals surface area contributed by atoms with Gasteiger partial charge in [0.25, 0.3) is 5.91 Å². The number of aromatic nitrogens is 3. The zero-order valence-electron chi connectivity index (χ0n) is 15.7. The van der Waals surface area contributed by atoms with Crippen molar-refractivity contribution in [3.05, 3.63) is 63.9 Å². The van der Waals surface area contributed by atoms with Gasteiger partial charge in [-0.3, -0.25) is 9.48 Å². The molecule has 0 spiro atoms. The molecule has 30 heavy (non-hydrogen) atoms. The molecule has 5 nitrogen and oxygen atoms in total. The van der Waals surface area contributed by atoms with Crippen LogP contribution in [0.25, 0.3) is 20.8 Å². The summed E-state index contributed by atoms with van der Waals surface area (Å²) in [7, 11) is 1.14. The summed E-state index contributed by atoms with van der Waals surface area (Å²) in [5.74, 6) is -0.740. The van der Waals surface area contributed by atoms with Crippen LogP contribution in [0.1, 0.15) is 21.7 Å². The molecule has 0 aliphatic rings. The van der Waals surface area contributed by atoms with Crippen LogP contribution >= 0.6 is 27.3 Å². The quantitative estimate of drug-likeness (QED) is 0.377. The van der Waals surface area contributed by atoms with Crippen molar-refractivity contribution in [3.63, 3.8) is 0 Å². The van der Waals surface area contributed by atoms with Crippen LogP contribution in [0.5, 0.6) is 0 Å². The highest BCUT2D eigenvalue weighted by Crippen LogP contribution is 2.36. The Bertz CT molecular complexity index is 1260. The van der Waals surface area contributed by atoms with E-state index >= 15 is 0 Å². The number of amides is 1. The molecule has 2 aromatic carbocycles. The molecule has 0 aliphatic heterocycles. The third-order valence-electron chi connectivity index (χ3n) is 4.41. The molecule has 0 bridgehead atoms. The van der Waals surface area contributed by atoms with Gasteiger partial charge in [0.05, 0.1) is 14.7 Å². The van der Waals surface area contributed by atoms with E-state index in [-0.39, 0.29) is 5.69 Å². The molecular weight excluding hydrogens is 481 g/mol. The zero-order chi connectivity index (χ0) is 21.6. The molecule has 0 aliphatic carbocycles. The Morgan fingerprint density at radius 2 is 1.87 bits per heavy atom. The average molecular weight is 495 g/mol. The fourth-order valence-electron chi connectivity index (χ4n) is 2.99. The van der Waals surface area contributed by atoms with Gasteiger partial charge in [-0.25, -0.2) is 4.98 Å². The lowest BCUT2D eigenvalue weighted by atomic mass is 10.2. The Morgan fingerprint density at radius 3 is 2.50 bits per heavy atom. The van der Waals surface area contributed by atoms with E-state index in [9.17, 15) is 18.0 Å². The van der Waals surface area contributed by atoms with Crippen LogP contribution in [0.4, 0.5) is 18.9 Å². The third kappa shape index (κ3) is 3.84. The molecule has 2 heterocycles. The molecule has 154 valence electrons. The maximum absolute atomic E-state index is 13.1. The first-order valence-electron chi connectivity index (χ1n) is 8.72. The van der Waals surface area contributed by atoms with Gasteiger partial charge in [0.2, 0.25) is 0 Å². The highest BCUT2D eigenvalue weighted by atomic mass is 79.9. The number of rotatable bonds is 3. The van der Waals surface area contributed by atoms with E-state index in [1.807, 2.05) is 19.1 Å². The first-order valence-corrected chi connectivity index (χ1v) is 10.3. The second-order valence-electron chi connectivity index (χ2n) is 6.65. The summed E-state index contributed by atoms with van der Waals surface area (Å²) in [5, 5.41) is 7.12. The molecule has 1 amide bonds. The maximum Gasteiger partial charge on any atom is 0.434 e. The Kier molecular flexibility index (Phi) is 5.15. The van der Waals surface area contributed by atoms with Crippen molar-refractivity contribution in [1.82, 2.24) is 14.8 Å². The molecule has 2 aromatic heterocycles. The number of halogens is 4. The number of carbonyl (C=O) groups excluding carboxylic acids is 1. The van der Waals surface area contributed by atoms with Crippen molar-refractivity contribution in [2.45, 2.75) is 13.1 Å². The Morgan fingerprint density at radius 1 is 1.17 bits per heavy atom. The number of anilines is 1. The lowest BCUT2D eigenvalue weighted by Gasteiger charge is -2.06. The van der Waals surface area contributed by atoms with Crippen LogP contribution in [-0.2, 0) is 13.2 Å². The Labute approximate surface area is 181 Å². The smallest absolute Gasteiger partial charge is 0.321 e. The number of thiazole rings is 1. The molecule has 0 atom stereocenters. The number of aryl methyl sites for hydroxylation is 2. The fourth-order valence-corrected chi connectivity index (χ4v) is 4.80. The predicted molar refractivity (Wildman–Crippen MR) is 114 cm³/mol. The van der Waals surface area contributed by atoms with Crippen molar-refractivity contribution >= 4 is 49.1 Å². The molecule has 0 fully saturated rings. The van der Waals surface area contributed by atoms with E-state index in [0.717, 1.165) is 33.4 Å². The minimum Gasteiger partial charge on any atom is -0.321 e. The summed E-state index contributed by atoms with van der Waals surface area (Å²) in [5.41, 5.74) is 2.03. The molecule has 4 rings (SSSR count). The summed E-state index contributed by atoms with van der Waals surface area (Å²) in [4.78, 5) is 17.1. The van der Waals surface area contributed by atoms with Gasteiger partial charge in [-0.15, -0.1) is 11.3 Å². The van der Waals surface area contributed by atoms with Crippen molar-refractivity contribution in [2.24, 2.45) is 7.05 Å². The van der Waals surface area contributed by atoms with Gasteiger partial charge in [-0.2, -0.15) is 18.3 Å². The highest BCUT2D eigenvalue weighted by molar-refractivity contribution is 9.10. The predicted octanol–water partition coefficient (Wildman–Crippen LogP) is 6.04. The molecule has 0 saturated heterocycles. The normalized spacial score (nSPS) is 11.8. The monoisotopic (exact) mass is 494 g/mol. The number of benzene rings is 2. The van der Waals surface area contributed by atoms with Crippen molar-refractivity contribution in [2.75, 3.05) is 5.32 Å². The van der Waals surface area contributed by atoms with E-state index in [4.69, 9.17) is 0 Å². The molecule has 0 saturated carbocycles. The van der Waals surface area contributed by atoms with Crippen LogP contribution < -0.4 is 5.32 Å². The van der Waals surface area contributed by atoms with Crippen LogP contribution in [0.2, 0.25) is 0 Å². The van der Waals surface area contributed by atoms with Gasteiger partial charge >= 0.3 is 6.18 Å². The number of hydrogen-bond acceptors (Lipinski definition) is 4.